The molecule has 0 bridgehead atoms. The lowest BCUT2D eigenvalue weighted by atomic mass is 10.0. The second-order valence-electron chi connectivity index (χ2n) is 7.40. The number of hydrogen-bond acceptors (Lipinski definition) is 6. The van der Waals surface area contributed by atoms with E-state index in [-0.39, 0.29) is 31.6 Å². The van der Waals surface area contributed by atoms with Gasteiger partial charge in [0.2, 0.25) is 6.79 Å². The second kappa shape index (κ2) is 8.88. The van der Waals surface area contributed by atoms with Crippen LogP contribution in [0.4, 0.5) is 0 Å². The molecule has 0 aliphatic carbocycles. The van der Waals surface area contributed by atoms with E-state index >= 15 is 0 Å². The van der Waals surface area contributed by atoms with Gasteiger partial charge >= 0.3 is 0 Å². The first-order chi connectivity index (χ1) is 16.1. The lowest BCUT2D eigenvalue weighted by Crippen LogP contribution is -2.28. The van der Waals surface area contributed by atoms with Gasteiger partial charge in [-0.05, 0) is 30.3 Å². The summed E-state index contributed by atoms with van der Waals surface area (Å²) in [4.78, 5) is 16.6. The molecular formula is C25H19ClN2O5. The van der Waals surface area contributed by atoms with Gasteiger partial charge in [-0.1, -0.05) is 41.9 Å². The number of aromatic nitrogens is 1. The Morgan fingerprint density at radius 1 is 1.12 bits per heavy atom. The first-order valence-corrected chi connectivity index (χ1v) is 10.6. The number of hydrogen-bond donors (Lipinski definition) is 2. The number of pyridine rings is 1. The molecule has 0 radical (unpaired) electrons. The van der Waals surface area contributed by atoms with E-state index in [0.29, 0.717) is 38.7 Å². The first-order valence-electron chi connectivity index (χ1n) is 10.2. The molecule has 166 valence electrons. The van der Waals surface area contributed by atoms with Crippen molar-refractivity contribution in [3.63, 3.8) is 0 Å². The van der Waals surface area contributed by atoms with E-state index < -0.39 is 0 Å². The fourth-order valence-corrected chi connectivity index (χ4v) is 3.91. The maximum absolute atomic E-state index is 12.2. The number of halogens is 1. The predicted molar refractivity (Wildman–Crippen MR) is 124 cm³/mol. The number of nitrogens with zero attached hydrogens (tertiary/aromatic N) is 1. The van der Waals surface area contributed by atoms with Crippen molar-refractivity contribution in [2.24, 2.45) is 0 Å². The molecule has 8 heteroatoms. The van der Waals surface area contributed by atoms with Crippen LogP contribution >= 0.6 is 11.6 Å². The van der Waals surface area contributed by atoms with Gasteiger partial charge in [0, 0.05) is 34.8 Å². The number of benzene rings is 3. The Labute approximate surface area is 194 Å². The van der Waals surface area contributed by atoms with Crippen LogP contribution in [0.25, 0.3) is 22.0 Å². The van der Waals surface area contributed by atoms with E-state index in [0.717, 1.165) is 11.1 Å². The minimum absolute atomic E-state index is 0.0388. The van der Waals surface area contributed by atoms with Gasteiger partial charge in [-0.15, -0.1) is 0 Å². The van der Waals surface area contributed by atoms with Crippen LogP contribution in [0.5, 0.6) is 23.0 Å². The van der Waals surface area contributed by atoms with Gasteiger partial charge < -0.3 is 24.6 Å². The van der Waals surface area contributed by atoms with Crippen molar-refractivity contribution in [1.82, 2.24) is 10.3 Å². The van der Waals surface area contributed by atoms with Crippen LogP contribution in [0.15, 0.2) is 66.9 Å². The highest BCUT2D eigenvalue weighted by atomic mass is 35.5. The Bertz CT molecular complexity index is 1340. The third-order valence-corrected chi connectivity index (χ3v) is 5.58. The Kier molecular flexibility index (Phi) is 5.62. The van der Waals surface area contributed by atoms with Gasteiger partial charge in [-0.25, -0.2) is 0 Å². The highest BCUT2D eigenvalue weighted by Gasteiger charge is 2.20. The summed E-state index contributed by atoms with van der Waals surface area (Å²) in [5.41, 5.74) is 2.41. The highest BCUT2D eigenvalue weighted by Crippen LogP contribution is 2.42. The summed E-state index contributed by atoms with van der Waals surface area (Å²) in [6, 6.07) is 18.1. The molecule has 1 amide bonds. The third-order valence-electron chi connectivity index (χ3n) is 5.27. The molecule has 1 aromatic heterocycles. The third kappa shape index (κ3) is 4.23. The van der Waals surface area contributed by atoms with Crippen LogP contribution in [0.3, 0.4) is 0 Å². The number of phenolic OH excluding ortho intramolecular Hbond substituents is 1. The zero-order valence-electron chi connectivity index (χ0n) is 17.4. The van der Waals surface area contributed by atoms with Gasteiger partial charge in [-0.3, -0.25) is 9.78 Å². The van der Waals surface area contributed by atoms with Crippen LogP contribution < -0.4 is 19.5 Å². The Balaban J connectivity index is 1.35. The van der Waals surface area contributed by atoms with Crippen LogP contribution in [-0.4, -0.2) is 29.4 Å². The van der Waals surface area contributed by atoms with Gasteiger partial charge in [0.05, 0.1) is 5.02 Å². The maximum Gasteiger partial charge on any atom is 0.258 e. The molecule has 0 fully saturated rings. The summed E-state index contributed by atoms with van der Waals surface area (Å²) in [7, 11) is 0. The minimum atomic E-state index is -0.321. The number of rotatable bonds is 6. The summed E-state index contributed by atoms with van der Waals surface area (Å²) in [5.74, 6) is 1.56. The zero-order chi connectivity index (χ0) is 22.8. The first kappa shape index (κ1) is 20.9. The molecule has 1 aliphatic heterocycles. The van der Waals surface area contributed by atoms with Gasteiger partial charge in [0.15, 0.2) is 18.1 Å². The summed E-state index contributed by atoms with van der Waals surface area (Å²) in [6.07, 6.45) is 1.64. The van der Waals surface area contributed by atoms with Crippen molar-refractivity contribution in [3.05, 3.63) is 77.4 Å². The number of ether oxygens (including phenoxy) is 3. The van der Waals surface area contributed by atoms with E-state index in [1.54, 1.807) is 24.4 Å². The van der Waals surface area contributed by atoms with Crippen molar-refractivity contribution in [3.8, 4) is 34.1 Å². The molecule has 7 nitrogen and oxygen atoms in total. The summed E-state index contributed by atoms with van der Waals surface area (Å²) >= 11 is 6.52. The van der Waals surface area contributed by atoms with Crippen molar-refractivity contribution < 1.29 is 24.1 Å². The van der Waals surface area contributed by atoms with E-state index in [4.69, 9.17) is 25.8 Å². The smallest absolute Gasteiger partial charge is 0.258 e. The van der Waals surface area contributed by atoms with Crippen LogP contribution in [0.1, 0.15) is 5.56 Å². The number of carbonyl (C=O) groups excluding carboxylic acids is 1. The number of amides is 1. The number of phenols is 1. The fraction of sp³-hybridized carbons (Fsp3) is 0.120. The molecule has 1 aliphatic rings. The van der Waals surface area contributed by atoms with Gasteiger partial charge in [0.25, 0.3) is 5.91 Å². The molecule has 0 spiro atoms. The molecule has 5 rings (SSSR count). The number of fused-ring (bicyclic) bond motifs is 2. The molecule has 2 N–H and O–H groups in total. The predicted octanol–water partition coefficient (Wildman–Crippen LogP) is 4.68. The molecule has 33 heavy (non-hydrogen) atoms. The minimum Gasteiger partial charge on any atom is -0.505 e. The van der Waals surface area contributed by atoms with Crippen molar-refractivity contribution in [2.45, 2.75) is 6.54 Å². The lowest BCUT2D eigenvalue weighted by Gasteiger charge is -2.12. The SMILES string of the molecule is O=C(COc1ccccc1)NCc1cc(Cl)c2cc(-c3cccc4c3OCO4)cnc2c1O. The number of nitrogens with one attached hydrogen (secondary N) is 1. The topological polar surface area (TPSA) is 89.9 Å². The standard InChI is InChI=1S/C25H19ClN2O5/c26-20-10-16(12-27-22(29)13-31-17-5-2-1-3-6-17)24(30)23-19(20)9-15(11-28-23)18-7-4-8-21-25(18)33-14-32-21/h1-11,30H,12-14H2,(H,27,29). The second-order valence-corrected chi connectivity index (χ2v) is 7.81. The van der Waals surface area contributed by atoms with Crippen molar-refractivity contribution >= 4 is 28.4 Å². The van der Waals surface area contributed by atoms with Crippen LogP contribution in [-0.2, 0) is 11.3 Å². The normalized spacial score (nSPS) is 12.0. The van der Waals surface area contributed by atoms with Crippen LogP contribution in [0, 0.1) is 0 Å². The summed E-state index contributed by atoms with van der Waals surface area (Å²) in [6.45, 7) is 0.112. The quantitative estimate of drug-likeness (QED) is 0.432. The van der Waals surface area contributed by atoms with Gasteiger partial charge in [-0.2, -0.15) is 0 Å². The fourth-order valence-electron chi connectivity index (χ4n) is 3.64. The van der Waals surface area contributed by atoms with Gasteiger partial charge in [0.1, 0.15) is 17.0 Å². The molecule has 0 atom stereocenters. The molecular weight excluding hydrogens is 444 g/mol. The largest absolute Gasteiger partial charge is 0.505 e. The van der Waals surface area contributed by atoms with E-state index in [1.807, 2.05) is 42.5 Å². The number of para-hydroxylation sites is 2. The average Bonchev–Trinajstić information content (AvgIpc) is 3.33. The molecule has 2 heterocycles. The lowest BCUT2D eigenvalue weighted by molar-refractivity contribution is -0.123. The Morgan fingerprint density at radius 3 is 2.82 bits per heavy atom. The van der Waals surface area contributed by atoms with Crippen molar-refractivity contribution in [1.29, 1.82) is 0 Å². The molecule has 4 aromatic rings. The Morgan fingerprint density at radius 2 is 1.97 bits per heavy atom. The number of carbonyl (C=O) groups is 1. The average molecular weight is 463 g/mol. The maximum atomic E-state index is 12.2. The zero-order valence-corrected chi connectivity index (χ0v) is 18.1. The molecule has 0 saturated heterocycles. The molecule has 0 unspecified atom stereocenters. The van der Waals surface area contributed by atoms with Crippen molar-refractivity contribution in [2.75, 3.05) is 13.4 Å². The number of aromatic hydroxyl groups is 1. The van der Waals surface area contributed by atoms with Crippen LogP contribution in [0.2, 0.25) is 5.02 Å². The Hall–Kier alpha value is -3.97. The van der Waals surface area contributed by atoms with E-state index in [1.165, 1.54) is 0 Å². The summed E-state index contributed by atoms with van der Waals surface area (Å²) < 4.78 is 16.5. The monoisotopic (exact) mass is 462 g/mol. The highest BCUT2D eigenvalue weighted by molar-refractivity contribution is 6.35. The van der Waals surface area contributed by atoms with E-state index in [2.05, 4.69) is 10.3 Å². The summed E-state index contributed by atoms with van der Waals surface area (Å²) in [5, 5.41) is 14.5. The molecule has 3 aromatic carbocycles. The van der Waals surface area contributed by atoms with E-state index in [9.17, 15) is 9.90 Å². The molecule has 0 saturated carbocycles.